The molecule has 7 heterocycles. The Kier molecular flexibility index (Phi) is 7.68. The van der Waals surface area contributed by atoms with E-state index in [4.69, 9.17) is 46.5 Å². The molecule has 3 fully saturated rings. The third kappa shape index (κ3) is 4.95. The quantitative estimate of drug-likeness (QED) is 0.0962. The third-order valence-electron chi connectivity index (χ3n) is 7.90. The van der Waals surface area contributed by atoms with Gasteiger partial charge in [0.2, 0.25) is 5.95 Å². The van der Waals surface area contributed by atoms with Crippen LogP contribution in [0.5, 0.6) is 0 Å². The summed E-state index contributed by atoms with van der Waals surface area (Å²) in [5.74, 6) is -0.105. The van der Waals surface area contributed by atoms with Crippen molar-refractivity contribution in [2.24, 2.45) is 0 Å². The number of aromatic nitrogens is 8. The average molecular weight is 706 g/mol. The van der Waals surface area contributed by atoms with Crippen LogP contribution in [-0.4, -0.2) is 105 Å². The van der Waals surface area contributed by atoms with Crippen molar-refractivity contribution in [3.63, 3.8) is 0 Å². The van der Waals surface area contributed by atoms with E-state index >= 15 is 4.39 Å². The van der Waals surface area contributed by atoms with Gasteiger partial charge < -0.3 is 40.2 Å². The number of nitrogens with zero attached hydrogens (tertiary/aromatic N) is 7. The van der Waals surface area contributed by atoms with Crippen LogP contribution >= 0.6 is 26.0 Å². The minimum absolute atomic E-state index is 0.0670. The Morgan fingerprint density at radius 3 is 2.69 bits per heavy atom. The van der Waals surface area contributed by atoms with E-state index < -0.39 is 80.7 Å². The number of aliphatic hydroxyl groups excluding tert-OH is 1. The monoisotopic (exact) mass is 705 g/mol. The van der Waals surface area contributed by atoms with Crippen LogP contribution in [0.2, 0.25) is 0 Å². The van der Waals surface area contributed by atoms with E-state index in [0.29, 0.717) is 11.2 Å². The van der Waals surface area contributed by atoms with Gasteiger partial charge in [-0.1, -0.05) is 0 Å². The van der Waals surface area contributed by atoms with Gasteiger partial charge in [0.15, 0.2) is 53.3 Å². The Morgan fingerprint density at radius 2 is 1.96 bits per heavy atom. The van der Waals surface area contributed by atoms with Gasteiger partial charge in [0.1, 0.15) is 48.1 Å². The number of aromatic amines is 1. The number of thiol groups is 1. The van der Waals surface area contributed by atoms with Crippen molar-refractivity contribution in [1.29, 1.82) is 0 Å². The summed E-state index contributed by atoms with van der Waals surface area (Å²) in [7, 11) is -2.47. The van der Waals surface area contributed by atoms with Gasteiger partial charge in [-0.2, -0.15) is 4.98 Å². The maximum Gasteiger partial charge on any atom is 0.582 e. The molecule has 24 heteroatoms. The Morgan fingerprint density at radius 1 is 1.22 bits per heavy atom. The van der Waals surface area contributed by atoms with Gasteiger partial charge in [0.05, 0.1) is 32.5 Å². The second-order valence-electron chi connectivity index (χ2n) is 10.5. The number of hydrogen-bond donors (Lipinski definition) is 6. The van der Waals surface area contributed by atoms with E-state index in [1.54, 1.807) is 0 Å². The first-order valence-electron chi connectivity index (χ1n) is 13.1. The Hall–Kier alpha value is -2.75. The molecule has 0 spiro atoms. The summed E-state index contributed by atoms with van der Waals surface area (Å²) < 4.78 is 60.3. The maximum atomic E-state index is 15.8. The highest BCUT2D eigenvalue weighted by Gasteiger charge is 2.67. The number of imidazole rings is 2. The zero-order valence-electron chi connectivity index (χ0n) is 22.6. The van der Waals surface area contributed by atoms with E-state index in [2.05, 4.69) is 42.2 Å². The summed E-state index contributed by atoms with van der Waals surface area (Å²) in [6, 6.07) is 0. The first kappa shape index (κ1) is 30.9. The smallest absolute Gasteiger partial charge is 0.394 e. The van der Waals surface area contributed by atoms with Gasteiger partial charge in [-0.05, 0) is 16.4 Å². The molecular weight excluding hydrogens is 681 g/mol. The topological polar surface area (TPSA) is 263 Å². The fourth-order valence-electron chi connectivity index (χ4n) is 5.87. The number of anilines is 2. The van der Waals surface area contributed by atoms with Gasteiger partial charge in [-0.25, -0.2) is 24.3 Å². The van der Waals surface area contributed by atoms with Crippen molar-refractivity contribution in [2.45, 2.75) is 48.2 Å². The summed E-state index contributed by atoms with van der Waals surface area (Å²) in [6.45, 7) is -5.64. The number of nitrogens with two attached hydrogens (primary N) is 2. The lowest BCUT2D eigenvalue weighted by Gasteiger charge is -2.34. The SMILES string of the molecule is Nc1nc2c(ncn2C2OC(CO)C(F)C2P(O)(=S)OCC23COC(C(n4cnc5c(N)ncnc54)O2)C3O[P+](=O)S)c(=O)[nH]1. The number of aliphatic hydroxyl groups is 1. The minimum atomic E-state index is -4.23. The summed E-state index contributed by atoms with van der Waals surface area (Å²) in [4.78, 5) is 46.7. The fraction of sp³-hybridized carbons (Fsp3) is 0.524. The molecule has 10 atom stereocenters. The molecule has 2 bridgehead atoms. The summed E-state index contributed by atoms with van der Waals surface area (Å²) >= 11 is 9.40. The van der Waals surface area contributed by atoms with Crippen LogP contribution in [0.1, 0.15) is 12.5 Å². The van der Waals surface area contributed by atoms with E-state index in [-0.39, 0.29) is 29.5 Å². The van der Waals surface area contributed by atoms with Crippen LogP contribution in [0.3, 0.4) is 0 Å². The van der Waals surface area contributed by atoms with Crippen molar-refractivity contribution >= 4 is 71.9 Å². The molecule has 7 N–H and O–H groups in total. The molecule has 0 aromatic carbocycles. The Labute approximate surface area is 261 Å². The lowest BCUT2D eigenvalue weighted by Crippen LogP contribution is -2.45. The second kappa shape index (κ2) is 11.2. The normalized spacial score (nSPS) is 32.9. The molecule has 4 aromatic heterocycles. The minimum Gasteiger partial charge on any atom is -0.394 e. The van der Waals surface area contributed by atoms with Crippen LogP contribution in [0.25, 0.3) is 22.3 Å². The highest BCUT2D eigenvalue weighted by molar-refractivity contribution is 8.39. The summed E-state index contributed by atoms with van der Waals surface area (Å²) in [5.41, 5.74) is 8.33. The van der Waals surface area contributed by atoms with E-state index in [1.807, 2.05) is 0 Å². The molecule has 0 aliphatic carbocycles. The number of nitrogens with one attached hydrogen (secondary N) is 1. The predicted octanol–water partition coefficient (Wildman–Crippen LogP) is -0.323. The molecule has 45 heavy (non-hydrogen) atoms. The van der Waals surface area contributed by atoms with Crippen LogP contribution in [0.4, 0.5) is 16.2 Å². The van der Waals surface area contributed by atoms with Crippen molar-refractivity contribution in [3.8, 4) is 0 Å². The molecule has 7 rings (SSSR count). The predicted molar refractivity (Wildman–Crippen MR) is 158 cm³/mol. The van der Waals surface area contributed by atoms with Crippen molar-refractivity contribution in [2.75, 3.05) is 31.3 Å². The Bertz CT molecular complexity index is 1930. The standard InChI is InChI=1S/C21H23FN10O9P2S2/c22-8-7(1-33)39-19(32-6-28-10-16(32)29-20(24)30-17(10)34)12(8)43(36,45)38-3-21-2-37-11(13(21)41-42(35)44)18(40-21)31-5-27-9-14(23)25-4-26-15(9)31/h4-8,11-13,18-19,33H,1-3H2,(H6-,23,24,25,26,29,30,34,35,36,44,45)/p+1. The summed E-state index contributed by atoms with van der Waals surface area (Å²) in [6.07, 6.45) is -3.87. The molecule has 0 radical (unpaired) electrons. The van der Waals surface area contributed by atoms with Crippen molar-refractivity contribution in [1.82, 2.24) is 39.0 Å². The number of halogens is 1. The molecule has 3 aliphatic heterocycles. The second-order valence-corrected chi connectivity index (χ2v) is 15.7. The molecule has 3 aliphatic rings. The summed E-state index contributed by atoms with van der Waals surface area (Å²) in [5, 5.41) is 9.82. The maximum absolute atomic E-state index is 15.8. The van der Waals surface area contributed by atoms with Crippen molar-refractivity contribution in [3.05, 3.63) is 29.3 Å². The third-order valence-corrected chi connectivity index (χ3v) is 11.4. The number of alkyl halides is 1. The first-order chi connectivity index (χ1) is 21.4. The van der Waals surface area contributed by atoms with Gasteiger partial charge in [0.25, 0.3) is 5.56 Å². The van der Waals surface area contributed by atoms with Gasteiger partial charge in [0, 0.05) is 0 Å². The fourth-order valence-corrected chi connectivity index (χ4v) is 9.17. The van der Waals surface area contributed by atoms with Crippen LogP contribution in [0, 0.1) is 0 Å². The molecule has 4 aromatic rings. The average Bonchev–Trinajstić information content (AvgIpc) is 3.79. The van der Waals surface area contributed by atoms with E-state index in [9.17, 15) is 19.4 Å². The lowest BCUT2D eigenvalue weighted by atomic mass is 10.0. The van der Waals surface area contributed by atoms with E-state index in [0.717, 1.165) is 6.33 Å². The molecule has 10 unspecified atom stereocenters. The van der Waals surface area contributed by atoms with Crippen molar-refractivity contribution < 1.29 is 42.2 Å². The van der Waals surface area contributed by atoms with Crippen LogP contribution in [-0.2, 0) is 39.6 Å². The lowest BCUT2D eigenvalue weighted by molar-refractivity contribution is -0.182. The Balaban J connectivity index is 1.20. The first-order valence-corrected chi connectivity index (χ1v) is 18.2. The number of fused-ring (bicyclic) bond motifs is 4. The van der Waals surface area contributed by atoms with Crippen LogP contribution in [0.15, 0.2) is 23.8 Å². The zero-order chi connectivity index (χ0) is 31.8. The van der Waals surface area contributed by atoms with Gasteiger partial charge >= 0.3 is 7.23 Å². The largest absolute Gasteiger partial charge is 0.582 e. The number of H-pyrrole nitrogens is 1. The molecule has 0 saturated carbocycles. The number of hydrogen-bond acceptors (Lipinski definition) is 16. The zero-order valence-corrected chi connectivity index (χ0v) is 26.1. The highest BCUT2D eigenvalue weighted by Crippen LogP contribution is 2.60. The highest BCUT2D eigenvalue weighted by atomic mass is 32.7. The van der Waals surface area contributed by atoms with Gasteiger partial charge in [-0.3, -0.25) is 18.9 Å². The number of nitrogen functional groups attached to an aromatic ring is 2. The van der Waals surface area contributed by atoms with Crippen LogP contribution < -0.4 is 17.0 Å². The molecular formula is C21H24FN10O9P2S2+. The van der Waals surface area contributed by atoms with Gasteiger partial charge in [-0.15, -0.1) is 4.52 Å². The molecule has 3 saturated heterocycles. The molecule has 240 valence electrons. The van der Waals surface area contributed by atoms with E-state index in [1.165, 1.54) is 21.8 Å². The number of ether oxygens (including phenoxy) is 3. The number of rotatable bonds is 9. The molecule has 19 nitrogen and oxygen atoms in total. The molecule has 0 amide bonds.